The molecule has 2 saturated heterocycles. The Morgan fingerprint density at radius 1 is 1.02 bits per heavy atom. The van der Waals surface area contributed by atoms with Gasteiger partial charge in [0.25, 0.3) is 11.5 Å². The van der Waals surface area contributed by atoms with Crippen molar-refractivity contribution in [1.29, 1.82) is 0 Å². The molecule has 2 atom stereocenters. The van der Waals surface area contributed by atoms with E-state index in [4.69, 9.17) is 0 Å². The van der Waals surface area contributed by atoms with E-state index in [2.05, 4.69) is 9.97 Å². The van der Waals surface area contributed by atoms with Gasteiger partial charge >= 0.3 is 0 Å². The Morgan fingerprint density at radius 3 is 2.57 bits per heavy atom. The molecule has 2 fully saturated rings. The highest BCUT2D eigenvalue weighted by molar-refractivity contribution is 7.12. The third-order valence-corrected chi connectivity index (χ3v) is 10.7. The summed E-state index contributed by atoms with van der Waals surface area (Å²) >= 11 is 1.44. The Balaban J connectivity index is 1.06. The number of thiophene rings is 1. The molecular formula is C36H38N6O4S. The fourth-order valence-corrected chi connectivity index (χ4v) is 8.06. The summed E-state index contributed by atoms with van der Waals surface area (Å²) in [6, 6.07) is 17.7. The van der Waals surface area contributed by atoms with Crippen LogP contribution in [0.1, 0.15) is 46.1 Å². The number of aliphatic hydroxyl groups is 1. The first kappa shape index (κ1) is 31.0. The van der Waals surface area contributed by atoms with Crippen LogP contribution in [0.2, 0.25) is 0 Å². The first-order valence-corrected chi connectivity index (χ1v) is 17.0. The van der Waals surface area contributed by atoms with Crippen LogP contribution in [0.15, 0.2) is 83.5 Å². The largest absolute Gasteiger partial charge is 0.388 e. The Morgan fingerprint density at radius 2 is 1.81 bits per heavy atom. The van der Waals surface area contributed by atoms with E-state index in [9.17, 15) is 19.5 Å². The van der Waals surface area contributed by atoms with E-state index in [1.807, 2.05) is 77.7 Å². The van der Waals surface area contributed by atoms with Gasteiger partial charge in [-0.2, -0.15) is 0 Å². The van der Waals surface area contributed by atoms with Crippen LogP contribution in [-0.4, -0.2) is 77.6 Å². The average Bonchev–Trinajstić information content (AvgIpc) is 3.73. The maximum Gasteiger partial charge on any atom is 0.264 e. The topological polar surface area (TPSA) is 114 Å². The molecule has 10 nitrogen and oxygen atoms in total. The zero-order chi connectivity index (χ0) is 32.7. The van der Waals surface area contributed by atoms with Crippen LogP contribution in [0.4, 0.5) is 0 Å². The smallest absolute Gasteiger partial charge is 0.264 e. The lowest BCUT2D eigenvalue weighted by Gasteiger charge is -2.43. The molecule has 1 aromatic carbocycles. The summed E-state index contributed by atoms with van der Waals surface area (Å²) in [6.07, 6.45) is 6.34. The van der Waals surface area contributed by atoms with E-state index < -0.39 is 5.60 Å². The van der Waals surface area contributed by atoms with Crippen LogP contribution >= 0.6 is 11.3 Å². The lowest BCUT2D eigenvalue weighted by Crippen LogP contribution is -2.53. The van der Waals surface area contributed by atoms with Gasteiger partial charge in [0.2, 0.25) is 5.91 Å². The van der Waals surface area contributed by atoms with E-state index in [-0.39, 0.29) is 35.8 Å². The zero-order valence-corrected chi connectivity index (χ0v) is 27.4. The highest BCUT2D eigenvalue weighted by Crippen LogP contribution is 2.37. The summed E-state index contributed by atoms with van der Waals surface area (Å²) in [7, 11) is 1.84. The van der Waals surface area contributed by atoms with Gasteiger partial charge in [-0.05, 0) is 67.0 Å². The number of rotatable bonds is 6. The lowest BCUT2D eigenvalue weighted by molar-refractivity contribution is -0.142. The van der Waals surface area contributed by atoms with Gasteiger partial charge < -0.3 is 19.5 Å². The summed E-state index contributed by atoms with van der Waals surface area (Å²) in [5.74, 6) is -0.402. The van der Waals surface area contributed by atoms with Crippen molar-refractivity contribution in [3.63, 3.8) is 0 Å². The fourth-order valence-electron chi connectivity index (χ4n) is 7.18. The van der Waals surface area contributed by atoms with E-state index in [1.165, 1.54) is 22.2 Å². The van der Waals surface area contributed by atoms with Crippen molar-refractivity contribution in [2.24, 2.45) is 13.0 Å². The van der Waals surface area contributed by atoms with Crippen LogP contribution in [0.5, 0.6) is 0 Å². The number of benzene rings is 1. The van der Waals surface area contributed by atoms with Crippen molar-refractivity contribution in [2.45, 2.75) is 44.2 Å². The number of piperidine rings is 2. The standard InChI is InChI=1S/C36H38N6O4S/c1-24-20-26(8-14-37-24)27-11-19-47-31(27)35(45)41-16-10-28(30(21-41)25-6-4-3-5-7-25)33(43)40-17-12-36(46,13-18-40)22-42-23-38-32-29(34(42)44)9-15-39(32)2/h3-9,11,14-15,19-20,23,28,30,46H,10,12-13,16-18,21-22H2,1-2H3/t28-,30+/m1/s1. The third kappa shape index (κ3) is 6.01. The summed E-state index contributed by atoms with van der Waals surface area (Å²) in [5, 5.41) is 14.0. The third-order valence-electron chi connectivity index (χ3n) is 9.83. The molecule has 11 heteroatoms. The van der Waals surface area contributed by atoms with Gasteiger partial charge in [0, 0.05) is 68.7 Å². The Kier molecular flexibility index (Phi) is 8.27. The molecule has 0 aliphatic carbocycles. The molecule has 7 rings (SSSR count). The predicted molar refractivity (Wildman–Crippen MR) is 181 cm³/mol. The number of aryl methyl sites for hydroxylation is 2. The second-order valence-corrected chi connectivity index (χ2v) is 13.8. The number of likely N-dealkylation sites (tertiary alicyclic amines) is 2. The fraction of sp³-hybridized carbons (Fsp3) is 0.361. The van der Waals surface area contributed by atoms with Crippen molar-refractivity contribution >= 4 is 34.2 Å². The highest BCUT2D eigenvalue weighted by atomic mass is 32.1. The summed E-state index contributed by atoms with van der Waals surface area (Å²) in [6.45, 7) is 3.80. The van der Waals surface area contributed by atoms with Gasteiger partial charge in [0.1, 0.15) is 12.0 Å². The van der Waals surface area contributed by atoms with Crippen LogP contribution < -0.4 is 5.56 Å². The van der Waals surface area contributed by atoms with E-state index in [0.717, 1.165) is 22.4 Å². The molecule has 2 amide bonds. The number of hydrogen-bond donors (Lipinski definition) is 1. The number of pyridine rings is 1. The molecule has 2 aliphatic rings. The molecule has 47 heavy (non-hydrogen) atoms. The van der Waals surface area contributed by atoms with Gasteiger partial charge in [-0.15, -0.1) is 11.3 Å². The molecular weight excluding hydrogens is 613 g/mol. The maximum absolute atomic E-state index is 14.2. The van der Waals surface area contributed by atoms with Crippen molar-refractivity contribution < 1.29 is 14.7 Å². The number of nitrogens with zero attached hydrogens (tertiary/aromatic N) is 6. The molecule has 5 aromatic rings. The van der Waals surface area contributed by atoms with Crippen molar-refractivity contribution in [1.82, 2.24) is 28.9 Å². The first-order valence-electron chi connectivity index (χ1n) is 16.1. The summed E-state index contributed by atoms with van der Waals surface area (Å²) in [5.41, 5.74) is 3.12. The van der Waals surface area contributed by atoms with Crippen LogP contribution in [-0.2, 0) is 18.4 Å². The quantitative estimate of drug-likeness (QED) is 0.290. The van der Waals surface area contributed by atoms with Gasteiger partial charge in [-0.1, -0.05) is 30.3 Å². The minimum Gasteiger partial charge on any atom is -0.388 e. The lowest BCUT2D eigenvalue weighted by atomic mass is 9.79. The molecule has 0 saturated carbocycles. The molecule has 1 N–H and O–H groups in total. The Labute approximate surface area is 276 Å². The minimum absolute atomic E-state index is 0.0160. The van der Waals surface area contributed by atoms with Crippen LogP contribution in [0.25, 0.3) is 22.2 Å². The second kappa shape index (κ2) is 12.5. The van der Waals surface area contributed by atoms with E-state index in [1.54, 1.807) is 23.0 Å². The predicted octanol–water partition coefficient (Wildman–Crippen LogP) is 4.47. The molecule has 6 heterocycles. The Hall–Kier alpha value is -4.61. The normalized spacial score (nSPS) is 19.6. The zero-order valence-electron chi connectivity index (χ0n) is 26.6. The van der Waals surface area contributed by atoms with E-state index >= 15 is 0 Å². The van der Waals surface area contributed by atoms with Gasteiger partial charge in [-0.3, -0.25) is 23.9 Å². The van der Waals surface area contributed by atoms with Gasteiger partial charge in [0.05, 0.1) is 22.4 Å². The molecule has 0 unspecified atom stereocenters. The molecule has 0 bridgehead atoms. The van der Waals surface area contributed by atoms with Crippen molar-refractivity contribution in [3.05, 3.63) is 105 Å². The van der Waals surface area contributed by atoms with E-state index in [0.29, 0.717) is 61.4 Å². The average molecular weight is 651 g/mol. The molecule has 242 valence electrons. The summed E-state index contributed by atoms with van der Waals surface area (Å²) in [4.78, 5) is 54.4. The van der Waals surface area contributed by atoms with Gasteiger partial charge in [0.15, 0.2) is 0 Å². The minimum atomic E-state index is -1.12. The number of amides is 2. The van der Waals surface area contributed by atoms with Gasteiger partial charge in [-0.25, -0.2) is 4.98 Å². The highest BCUT2D eigenvalue weighted by Gasteiger charge is 2.42. The SMILES string of the molecule is Cc1cc(-c2ccsc2C(=O)N2CC[C@@H](C(=O)N3CCC(O)(Cn4cnc5c(ccn5C)c4=O)CC3)[C@H](c3ccccc3)C2)ccn1. The monoisotopic (exact) mass is 650 g/mol. The van der Waals surface area contributed by atoms with Crippen molar-refractivity contribution in [3.8, 4) is 11.1 Å². The second-order valence-electron chi connectivity index (χ2n) is 12.9. The van der Waals surface area contributed by atoms with Crippen LogP contribution in [0, 0.1) is 12.8 Å². The number of hydrogen-bond acceptors (Lipinski definition) is 7. The Bertz CT molecular complexity index is 1990. The van der Waals surface area contributed by atoms with Crippen LogP contribution in [0.3, 0.4) is 0 Å². The molecule has 4 aromatic heterocycles. The van der Waals surface area contributed by atoms with Crippen molar-refractivity contribution in [2.75, 3.05) is 26.2 Å². The number of aromatic nitrogens is 4. The maximum atomic E-state index is 14.2. The first-order chi connectivity index (χ1) is 22.7. The summed E-state index contributed by atoms with van der Waals surface area (Å²) < 4.78 is 3.28. The molecule has 0 radical (unpaired) electrons. The molecule has 2 aliphatic heterocycles. The number of fused-ring (bicyclic) bond motifs is 1. The number of carbonyl (C=O) groups is 2. The number of carbonyl (C=O) groups excluding carboxylic acids is 2. The molecule has 0 spiro atoms.